The number of hydrogen-bond acceptors (Lipinski definition) is 3. The molecule has 1 aromatic heterocycles. The highest BCUT2D eigenvalue weighted by Gasteiger charge is 2.20. The van der Waals surface area contributed by atoms with Crippen LogP contribution in [-0.2, 0) is 16.0 Å². The highest BCUT2D eigenvalue weighted by molar-refractivity contribution is 9.11. The van der Waals surface area contributed by atoms with Gasteiger partial charge in [0.05, 0.1) is 5.69 Å². The van der Waals surface area contributed by atoms with Crippen LogP contribution in [0.25, 0.3) is 0 Å². The second-order valence-corrected chi connectivity index (χ2v) is 5.15. The molecule has 1 aromatic rings. The number of pyridine rings is 1. The number of aromatic nitrogens is 1. The van der Waals surface area contributed by atoms with E-state index in [1.807, 2.05) is 0 Å². The highest BCUT2D eigenvalue weighted by atomic mass is 79.9. The normalized spacial score (nSPS) is 11.9. The van der Waals surface area contributed by atoms with E-state index in [0.717, 1.165) is 4.47 Å². The maximum atomic E-state index is 11.0. The number of carboxylic acids is 1. The van der Waals surface area contributed by atoms with Crippen LogP contribution in [0.5, 0.6) is 0 Å². The molecule has 5 nitrogen and oxygen atoms in total. The van der Waals surface area contributed by atoms with Gasteiger partial charge in [-0.05, 0) is 37.9 Å². The summed E-state index contributed by atoms with van der Waals surface area (Å²) in [5, 5.41) is 11.3. The van der Waals surface area contributed by atoms with Crippen LogP contribution in [0.3, 0.4) is 0 Å². The van der Waals surface area contributed by atoms with Gasteiger partial charge in [0.1, 0.15) is 6.04 Å². The summed E-state index contributed by atoms with van der Waals surface area (Å²) >= 11 is 6.55. The molecule has 0 aliphatic rings. The van der Waals surface area contributed by atoms with E-state index in [-0.39, 0.29) is 12.3 Å². The molecular formula is C10H10Br2N2O3. The van der Waals surface area contributed by atoms with Crippen molar-refractivity contribution in [2.24, 2.45) is 0 Å². The van der Waals surface area contributed by atoms with Crippen molar-refractivity contribution in [3.05, 3.63) is 26.9 Å². The van der Waals surface area contributed by atoms with Crippen molar-refractivity contribution in [1.29, 1.82) is 0 Å². The Balaban J connectivity index is 2.86. The minimum atomic E-state index is -1.09. The van der Waals surface area contributed by atoms with Crippen LogP contribution >= 0.6 is 31.9 Å². The number of carbonyl (C=O) groups excluding carboxylic acids is 1. The maximum absolute atomic E-state index is 11.0. The summed E-state index contributed by atoms with van der Waals surface area (Å²) in [6, 6.07) is 0.798. The van der Waals surface area contributed by atoms with Gasteiger partial charge >= 0.3 is 5.97 Å². The first-order chi connectivity index (χ1) is 7.90. The SMILES string of the molecule is CC(=O)NC(Cc1ncc(Br)cc1Br)C(=O)O. The zero-order chi connectivity index (χ0) is 13.0. The molecule has 0 spiro atoms. The van der Waals surface area contributed by atoms with Crippen molar-refractivity contribution < 1.29 is 14.7 Å². The Morgan fingerprint density at radius 1 is 1.53 bits per heavy atom. The Morgan fingerprint density at radius 3 is 2.65 bits per heavy atom. The predicted molar refractivity (Wildman–Crippen MR) is 68.6 cm³/mol. The lowest BCUT2D eigenvalue weighted by Gasteiger charge is -2.13. The molecule has 92 valence electrons. The van der Waals surface area contributed by atoms with Crippen LogP contribution in [0, 0.1) is 0 Å². The second kappa shape index (κ2) is 6.11. The van der Waals surface area contributed by atoms with E-state index in [4.69, 9.17) is 5.11 Å². The second-order valence-electron chi connectivity index (χ2n) is 3.38. The molecule has 0 saturated carbocycles. The first-order valence-electron chi connectivity index (χ1n) is 4.70. The number of aliphatic carboxylic acids is 1. The number of nitrogens with one attached hydrogen (secondary N) is 1. The number of nitrogens with zero attached hydrogens (tertiary/aromatic N) is 1. The Hall–Kier alpha value is -0.950. The largest absolute Gasteiger partial charge is 0.480 e. The highest BCUT2D eigenvalue weighted by Crippen LogP contribution is 2.20. The number of halogens is 2. The van der Waals surface area contributed by atoms with Gasteiger partial charge in [-0.2, -0.15) is 0 Å². The van der Waals surface area contributed by atoms with Crippen molar-refractivity contribution in [2.45, 2.75) is 19.4 Å². The molecule has 0 radical (unpaired) electrons. The molecule has 17 heavy (non-hydrogen) atoms. The first kappa shape index (κ1) is 14.1. The van der Waals surface area contributed by atoms with Crippen molar-refractivity contribution >= 4 is 43.7 Å². The van der Waals surface area contributed by atoms with Gasteiger partial charge in [-0.1, -0.05) is 0 Å². The summed E-state index contributed by atoms with van der Waals surface area (Å²) in [6.07, 6.45) is 1.70. The Labute approximate surface area is 115 Å². The number of amides is 1. The zero-order valence-electron chi connectivity index (χ0n) is 8.91. The molecule has 7 heteroatoms. The van der Waals surface area contributed by atoms with E-state index in [1.165, 1.54) is 6.92 Å². The number of rotatable bonds is 4. The van der Waals surface area contributed by atoms with E-state index < -0.39 is 12.0 Å². The number of carbonyl (C=O) groups is 2. The zero-order valence-corrected chi connectivity index (χ0v) is 12.1. The van der Waals surface area contributed by atoms with Crippen molar-refractivity contribution in [1.82, 2.24) is 10.3 Å². The summed E-state index contributed by atoms with van der Waals surface area (Å²) in [6.45, 7) is 1.28. The van der Waals surface area contributed by atoms with Gasteiger partial charge in [-0.25, -0.2) is 4.79 Å². The number of carboxylic acid groups (broad SMARTS) is 1. The van der Waals surface area contributed by atoms with Crippen LogP contribution in [0.2, 0.25) is 0 Å². The quantitative estimate of drug-likeness (QED) is 0.851. The Morgan fingerprint density at radius 2 is 2.18 bits per heavy atom. The van der Waals surface area contributed by atoms with Gasteiger partial charge in [0.25, 0.3) is 0 Å². The van der Waals surface area contributed by atoms with Crippen LogP contribution in [-0.4, -0.2) is 28.0 Å². The molecule has 0 aliphatic carbocycles. The average molecular weight is 366 g/mol. The molecule has 2 N–H and O–H groups in total. The summed E-state index contributed by atoms with van der Waals surface area (Å²) in [4.78, 5) is 25.9. The molecule has 1 rings (SSSR count). The molecule has 1 heterocycles. The van der Waals surface area contributed by atoms with E-state index in [0.29, 0.717) is 10.2 Å². The molecule has 0 saturated heterocycles. The lowest BCUT2D eigenvalue weighted by atomic mass is 10.1. The fraction of sp³-hybridized carbons (Fsp3) is 0.300. The van der Waals surface area contributed by atoms with Gasteiger partial charge in [0.2, 0.25) is 5.91 Å². The minimum Gasteiger partial charge on any atom is -0.480 e. The Bertz CT molecular complexity index is 451. The predicted octanol–water partition coefficient (Wildman–Crippen LogP) is 1.74. The first-order valence-corrected chi connectivity index (χ1v) is 6.28. The van der Waals surface area contributed by atoms with Gasteiger partial charge < -0.3 is 10.4 Å². The molecule has 0 aromatic carbocycles. The lowest BCUT2D eigenvalue weighted by Crippen LogP contribution is -2.41. The monoisotopic (exact) mass is 364 g/mol. The van der Waals surface area contributed by atoms with Gasteiger partial charge in [0.15, 0.2) is 0 Å². The van der Waals surface area contributed by atoms with Crippen LogP contribution in [0.4, 0.5) is 0 Å². The van der Waals surface area contributed by atoms with Crippen LogP contribution in [0.15, 0.2) is 21.2 Å². The standard InChI is InChI=1S/C10H10Br2N2O3/c1-5(15)14-9(10(16)17)3-8-7(12)2-6(11)4-13-8/h2,4,9H,3H2,1H3,(H,14,15)(H,16,17). The lowest BCUT2D eigenvalue weighted by molar-refractivity contribution is -0.141. The fourth-order valence-corrected chi connectivity index (χ4v) is 2.38. The minimum absolute atomic E-state index is 0.128. The molecule has 1 amide bonds. The third kappa shape index (κ3) is 4.43. The molecule has 1 atom stereocenters. The van der Waals surface area contributed by atoms with Gasteiger partial charge in [-0.3, -0.25) is 9.78 Å². The van der Waals surface area contributed by atoms with Crippen molar-refractivity contribution in [2.75, 3.05) is 0 Å². The fourth-order valence-electron chi connectivity index (χ4n) is 1.23. The third-order valence-corrected chi connectivity index (χ3v) is 3.08. The topological polar surface area (TPSA) is 79.3 Å². The average Bonchev–Trinajstić information content (AvgIpc) is 2.19. The van der Waals surface area contributed by atoms with E-state index in [1.54, 1.807) is 12.3 Å². The number of hydrogen-bond donors (Lipinski definition) is 2. The molecular weight excluding hydrogens is 356 g/mol. The molecule has 0 bridgehead atoms. The molecule has 0 aliphatic heterocycles. The summed E-state index contributed by atoms with van der Waals surface area (Å²) in [5.74, 6) is -1.47. The van der Waals surface area contributed by atoms with Gasteiger partial charge in [-0.15, -0.1) is 0 Å². The Kier molecular flexibility index (Phi) is 5.07. The molecule has 0 fully saturated rings. The third-order valence-electron chi connectivity index (χ3n) is 1.96. The van der Waals surface area contributed by atoms with E-state index >= 15 is 0 Å². The molecule has 1 unspecified atom stereocenters. The van der Waals surface area contributed by atoms with Crippen molar-refractivity contribution in [3.63, 3.8) is 0 Å². The van der Waals surface area contributed by atoms with E-state index in [2.05, 4.69) is 42.2 Å². The van der Waals surface area contributed by atoms with E-state index in [9.17, 15) is 9.59 Å². The summed E-state index contributed by atoms with van der Waals surface area (Å²) in [7, 11) is 0. The maximum Gasteiger partial charge on any atom is 0.326 e. The smallest absolute Gasteiger partial charge is 0.326 e. The van der Waals surface area contributed by atoms with Crippen LogP contribution in [0.1, 0.15) is 12.6 Å². The van der Waals surface area contributed by atoms with Crippen molar-refractivity contribution in [3.8, 4) is 0 Å². The summed E-state index contributed by atoms with van der Waals surface area (Å²) in [5.41, 5.74) is 0.578. The summed E-state index contributed by atoms with van der Waals surface area (Å²) < 4.78 is 1.49. The van der Waals surface area contributed by atoms with Gasteiger partial charge in [0, 0.05) is 28.5 Å². The van der Waals surface area contributed by atoms with Crippen LogP contribution < -0.4 is 5.32 Å².